The van der Waals surface area contributed by atoms with E-state index in [4.69, 9.17) is 5.73 Å². The average Bonchev–Trinajstić information content (AvgIpc) is 2.20. The van der Waals surface area contributed by atoms with Crippen molar-refractivity contribution in [3.8, 4) is 0 Å². The van der Waals surface area contributed by atoms with Crippen LogP contribution in [0.3, 0.4) is 0 Å². The Morgan fingerprint density at radius 3 is 2.93 bits per heavy atom. The number of pyridine rings is 1. The molecule has 0 fully saturated rings. The van der Waals surface area contributed by atoms with E-state index in [0.29, 0.717) is 6.04 Å². The number of nitrogens with two attached hydrogens (primary N) is 1. The summed E-state index contributed by atoms with van der Waals surface area (Å²) in [7, 11) is 0. The van der Waals surface area contributed by atoms with E-state index < -0.39 is 0 Å². The Bertz CT molecular complexity index is 233. The highest BCUT2D eigenvalue weighted by Gasteiger charge is 2.03. The van der Waals surface area contributed by atoms with Gasteiger partial charge in [-0.3, -0.25) is 4.98 Å². The summed E-state index contributed by atoms with van der Waals surface area (Å²) in [5.41, 5.74) is 7.27. The van der Waals surface area contributed by atoms with E-state index in [1.807, 2.05) is 12.3 Å². The molecule has 2 N–H and O–H groups in total. The second kappa shape index (κ2) is 6.55. The molecule has 1 heterocycles. The number of hydrogen-bond acceptors (Lipinski definition) is 2. The zero-order valence-electron chi connectivity index (χ0n) is 8.95. The fraction of sp³-hybridized carbons (Fsp3) is 0.583. The smallest absolute Gasteiger partial charge is 0.0300 e. The molecule has 0 aliphatic carbocycles. The van der Waals surface area contributed by atoms with Crippen molar-refractivity contribution in [1.82, 2.24) is 4.98 Å². The summed E-state index contributed by atoms with van der Waals surface area (Å²) < 4.78 is 0. The van der Waals surface area contributed by atoms with E-state index >= 15 is 0 Å². The number of aromatic nitrogens is 1. The van der Waals surface area contributed by atoms with Gasteiger partial charge in [-0.25, -0.2) is 0 Å². The number of unbranched alkanes of at least 4 members (excludes halogenated alkanes) is 2. The molecule has 0 aromatic carbocycles. The van der Waals surface area contributed by atoms with Crippen molar-refractivity contribution in [2.45, 2.75) is 45.1 Å². The number of hydrogen-bond donors (Lipinski definition) is 1. The topological polar surface area (TPSA) is 38.9 Å². The summed E-state index contributed by atoms with van der Waals surface area (Å²) in [6.45, 7) is 2.21. The Kier molecular flexibility index (Phi) is 5.23. The maximum Gasteiger partial charge on any atom is 0.0300 e. The van der Waals surface area contributed by atoms with Crippen molar-refractivity contribution in [3.05, 3.63) is 30.1 Å². The van der Waals surface area contributed by atoms with Crippen LogP contribution in [0.25, 0.3) is 0 Å². The molecule has 1 unspecified atom stereocenters. The Morgan fingerprint density at radius 2 is 2.29 bits per heavy atom. The van der Waals surface area contributed by atoms with Gasteiger partial charge in [0.2, 0.25) is 0 Å². The maximum atomic E-state index is 6.02. The summed E-state index contributed by atoms with van der Waals surface area (Å²) >= 11 is 0. The first-order chi connectivity index (χ1) is 6.83. The van der Waals surface area contributed by atoms with Gasteiger partial charge in [0, 0.05) is 18.4 Å². The summed E-state index contributed by atoms with van der Waals surface area (Å²) in [5.74, 6) is 0. The normalized spacial score (nSPS) is 12.7. The van der Waals surface area contributed by atoms with E-state index in [2.05, 4.69) is 18.0 Å². The SMILES string of the molecule is CCCCCC(N)Cc1cccnc1. The molecule has 0 spiro atoms. The molecule has 0 bridgehead atoms. The zero-order valence-corrected chi connectivity index (χ0v) is 8.95. The number of nitrogens with zero attached hydrogens (tertiary/aromatic N) is 1. The fourth-order valence-corrected chi connectivity index (χ4v) is 1.58. The third kappa shape index (κ3) is 4.38. The van der Waals surface area contributed by atoms with Crippen LogP contribution in [0.15, 0.2) is 24.5 Å². The van der Waals surface area contributed by atoms with Crippen LogP contribution in [0, 0.1) is 0 Å². The third-order valence-corrected chi connectivity index (χ3v) is 2.40. The largest absolute Gasteiger partial charge is 0.327 e. The molecule has 14 heavy (non-hydrogen) atoms. The van der Waals surface area contributed by atoms with Crippen molar-refractivity contribution >= 4 is 0 Å². The summed E-state index contributed by atoms with van der Waals surface area (Å²) in [5, 5.41) is 0. The van der Waals surface area contributed by atoms with Crippen LogP contribution in [0.5, 0.6) is 0 Å². The van der Waals surface area contributed by atoms with Gasteiger partial charge in [-0.05, 0) is 24.5 Å². The van der Waals surface area contributed by atoms with Gasteiger partial charge in [0.15, 0.2) is 0 Å². The predicted octanol–water partition coefficient (Wildman–Crippen LogP) is 2.53. The average molecular weight is 192 g/mol. The van der Waals surface area contributed by atoms with Crippen molar-refractivity contribution in [2.75, 3.05) is 0 Å². The maximum absolute atomic E-state index is 6.02. The van der Waals surface area contributed by atoms with Crippen LogP contribution in [-0.2, 0) is 6.42 Å². The highest BCUT2D eigenvalue weighted by atomic mass is 14.6. The highest BCUT2D eigenvalue weighted by molar-refractivity contribution is 5.09. The molecule has 1 aromatic rings. The van der Waals surface area contributed by atoms with Gasteiger partial charge >= 0.3 is 0 Å². The quantitative estimate of drug-likeness (QED) is 0.703. The molecule has 2 nitrogen and oxygen atoms in total. The van der Waals surface area contributed by atoms with Gasteiger partial charge in [-0.1, -0.05) is 32.3 Å². The third-order valence-electron chi connectivity index (χ3n) is 2.40. The first-order valence-corrected chi connectivity index (χ1v) is 5.47. The Morgan fingerprint density at radius 1 is 1.43 bits per heavy atom. The van der Waals surface area contributed by atoms with Crippen LogP contribution in [-0.4, -0.2) is 11.0 Å². The van der Waals surface area contributed by atoms with E-state index in [1.165, 1.54) is 24.8 Å². The van der Waals surface area contributed by atoms with Crippen molar-refractivity contribution in [1.29, 1.82) is 0 Å². The van der Waals surface area contributed by atoms with Crippen molar-refractivity contribution in [2.24, 2.45) is 5.73 Å². The molecule has 0 aliphatic heterocycles. The standard InChI is InChI=1S/C12H20N2/c1-2-3-4-7-12(13)9-11-6-5-8-14-10-11/h5-6,8,10,12H,2-4,7,9,13H2,1H3. The van der Waals surface area contributed by atoms with Gasteiger partial charge in [0.25, 0.3) is 0 Å². The highest BCUT2D eigenvalue weighted by Crippen LogP contribution is 2.06. The first kappa shape index (κ1) is 11.2. The minimum atomic E-state index is 0.297. The second-order valence-electron chi connectivity index (χ2n) is 3.82. The monoisotopic (exact) mass is 192 g/mol. The van der Waals surface area contributed by atoms with E-state index in [0.717, 1.165) is 12.8 Å². The molecule has 0 radical (unpaired) electrons. The Labute approximate surface area is 86.5 Å². The molecule has 0 amide bonds. The van der Waals surface area contributed by atoms with Crippen molar-refractivity contribution < 1.29 is 0 Å². The number of rotatable bonds is 6. The molecular weight excluding hydrogens is 172 g/mol. The second-order valence-corrected chi connectivity index (χ2v) is 3.82. The van der Waals surface area contributed by atoms with Crippen LogP contribution in [0.4, 0.5) is 0 Å². The minimum absolute atomic E-state index is 0.297. The van der Waals surface area contributed by atoms with Crippen molar-refractivity contribution in [3.63, 3.8) is 0 Å². The molecule has 1 atom stereocenters. The molecular formula is C12H20N2. The van der Waals surface area contributed by atoms with E-state index in [1.54, 1.807) is 6.20 Å². The lowest BCUT2D eigenvalue weighted by Gasteiger charge is -2.10. The van der Waals surface area contributed by atoms with Gasteiger partial charge in [-0.15, -0.1) is 0 Å². The van der Waals surface area contributed by atoms with Crippen LogP contribution in [0.2, 0.25) is 0 Å². The van der Waals surface area contributed by atoms with Gasteiger partial charge in [-0.2, -0.15) is 0 Å². The van der Waals surface area contributed by atoms with E-state index in [-0.39, 0.29) is 0 Å². The van der Waals surface area contributed by atoms with Crippen LogP contribution >= 0.6 is 0 Å². The first-order valence-electron chi connectivity index (χ1n) is 5.47. The minimum Gasteiger partial charge on any atom is -0.327 e. The molecule has 0 saturated carbocycles. The molecule has 1 aromatic heterocycles. The molecule has 0 saturated heterocycles. The summed E-state index contributed by atoms with van der Waals surface area (Å²) in [4.78, 5) is 4.08. The summed E-state index contributed by atoms with van der Waals surface area (Å²) in [6.07, 6.45) is 9.59. The Balaban J connectivity index is 2.23. The van der Waals surface area contributed by atoms with Gasteiger partial charge in [0.05, 0.1) is 0 Å². The van der Waals surface area contributed by atoms with Crippen LogP contribution in [0.1, 0.15) is 38.2 Å². The lowest BCUT2D eigenvalue weighted by Crippen LogP contribution is -2.22. The van der Waals surface area contributed by atoms with Gasteiger partial charge in [0.1, 0.15) is 0 Å². The predicted molar refractivity (Wildman–Crippen MR) is 60.1 cm³/mol. The molecule has 2 heteroatoms. The molecule has 0 aliphatic rings. The molecule has 1 rings (SSSR count). The fourth-order valence-electron chi connectivity index (χ4n) is 1.58. The summed E-state index contributed by atoms with van der Waals surface area (Å²) in [6, 6.07) is 4.35. The lowest BCUT2D eigenvalue weighted by atomic mass is 10.0. The molecule has 78 valence electrons. The van der Waals surface area contributed by atoms with E-state index in [9.17, 15) is 0 Å². The zero-order chi connectivity index (χ0) is 10.2. The van der Waals surface area contributed by atoms with Gasteiger partial charge < -0.3 is 5.73 Å². The van der Waals surface area contributed by atoms with Crippen LogP contribution < -0.4 is 5.73 Å². The lowest BCUT2D eigenvalue weighted by molar-refractivity contribution is 0.557. The Hall–Kier alpha value is -0.890.